The normalized spacial score (nSPS) is 11.2. The summed E-state index contributed by atoms with van der Waals surface area (Å²) in [6.45, 7) is 4.35. The molecule has 0 aliphatic rings. The van der Waals surface area contributed by atoms with Crippen molar-refractivity contribution in [1.29, 1.82) is 5.26 Å². The van der Waals surface area contributed by atoms with Crippen LogP contribution in [0.1, 0.15) is 17.0 Å². The molecule has 0 radical (unpaired) electrons. The zero-order chi connectivity index (χ0) is 20.1. The third kappa shape index (κ3) is 4.51. The smallest absolute Gasteiger partial charge is 0.240 e. The van der Waals surface area contributed by atoms with Gasteiger partial charge in [0, 0.05) is 24.8 Å². The number of hydrogen-bond donors (Lipinski definition) is 2. The Morgan fingerprint density at radius 1 is 1.11 bits per heavy atom. The Morgan fingerprint density at radius 3 is 2.50 bits per heavy atom. The summed E-state index contributed by atoms with van der Waals surface area (Å²) in [5, 5.41) is 16.2. The van der Waals surface area contributed by atoms with Crippen molar-refractivity contribution in [2.24, 2.45) is 0 Å². The quantitative estimate of drug-likeness (QED) is 0.579. The Labute approximate surface area is 163 Å². The number of aryl methyl sites for hydroxylation is 2. The van der Waals surface area contributed by atoms with Crippen LogP contribution in [0.15, 0.2) is 47.6 Å². The molecule has 3 rings (SSSR count). The van der Waals surface area contributed by atoms with Gasteiger partial charge in [-0.15, -0.1) is 0 Å². The van der Waals surface area contributed by atoms with E-state index in [1.54, 1.807) is 10.7 Å². The summed E-state index contributed by atoms with van der Waals surface area (Å²) in [5.41, 5.74) is 2.25. The Hall–Kier alpha value is -3.29. The number of sulfonamides is 1. The first-order valence-corrected chi connectivity index (χ1v) is 9.97. The molecule has 0 atom stereocenters. The minimum atomic E-state index is -3.64. The van der Waals surface area contributed by atoms with E-state index in [2.05, 4.69) is 25.1 Å². The van der Waals surface area contributed by atoms with Crippen molar-refractivity contribution in [3.63, 3.8) is 0 Å². The number of aromatic nitrogens is 4. The monoisotopic (exact) mass is 397 g/mol. The molecule has 0 fully saturated rings. The van der Waals surface area contributed by atoms with Crippen molar-refractivity contribution >= 4 is 15.8 Å². The molecule has 0 aliphatic heterocycles. The van der Waals surface area contributed by atoms with E-state index >= 15 is 0 Å². The van der Waals surface area contributed by atoms with E-state index in [0.29, 0.717) is 23.7 Å². The Morgan fingerprint density at radius 2 is 1.86 bits per heavy atom. The lowest BCUT2D eigenvalue weighted by molar-refractivity contribution is 0.583. The third-order valence-corrected chi connectivity index (χ3v) is 5.37. The summed E-state index contributed by atoms with van der Waals surface area (Å²) in [6.07, 6.45) is 1.43. The fourth-order valence-electron chi connectivity index (χ4n) is 2.59. The van der Waals surface area contributed by atoms with Crippen LogP contribution in [0.4, 0.5) is 5.82 Å². The van der Waals surface area contributed by atoms with E-state index in [1.807, 2.05) is 26.0 Å². The summed E-state index contributed by atoms with van der Waals surface area (Å²) in [7, 11) is -3.64. The van der Waals surface area contributed by atoms with Crippen LogP contribution < -0.4 is 10.0 Å². The SMILES string of the molecule is Cc1cc(C)n(-c2cc(NCCNS(=O)(=O)c3ccc(C#N)cc3)ncn2)n1. The van der Waals surface area contributed by atoms with Gasteiger partial charge in [0.05, 0.1) is 22.2 Å². The average Bonchev–Trinajstić information content (AvgIpc) is 3.03. The van der Waals surface area contributed by atoms with Crippen LogP contribution in [0, 0.1) is 25.2 Å². The highest BCUT2D eigenvalue weighted by atomic mass is 32.2. The summed E-state index contributed by atoms with van der Waals surface area (Å²) in [6, 6.07) is 11.4. The van der Waals surface area contributed by atoms with E-state index in [1.165, 1.54) is 30.6 Å². The van der Waals surface area contributed by atoms with Crippen LogP contribution in [0.3, 0.4) is 0 Å². The highest BCUT2D eigenvalue weighted by Crippen LogP contribution is 2.12. The summed E-state index contributed by atoms with van der Waals surface area (Å²) in [4.78, 5) is 8.47. The second-order valence-electron chi connectivity index (χ2n) is 6.06. The molecule has 0 bridgehead atoms. The third-order valence-electron chi connectivity index (χ3n) is 3.90. The molecule has 0 saturated carbocycles. The van der Waals surface area contributed by atoms with Gasteiger partial charge in [-0.25, -0.2) is 27.8 Å². The molecule has 10 heteroatoms. The Kier molecular flexibility index (Phi) is 5.67. The minimum absolute atomic E-state index is 0.111. The fourth-order valence-corrected chi connectivity index (χ4v) is 3.62. The number of nitrogens with one attached hydrogen (secondary N) is 2. The first-order valence-electron chi connectivity index (χ1n) is 8.48. The highest BCUT2D eigenvalue weighted by molar-refractivity contribution is 7.89. The number of benzene rings is 1. The number of hydrogen-bond acceptors (Lipinski definition) is 7. The lowest BCUT2D eigenvalue weighted by Crippen LogP contribution is -2.29. The van der Waals surface area contributed by atoms with E-state index in [-0.39, 0.29) is 11.4 Å². The van der Waals surface area contributed by atoms with E-state index in [9.17, 15) is 8.42 Å². The summed E-state index contributed by atoms with van der Waals surface area (Å²) < 4.78 is 28.8. The van der Waals surface area contributed by atoms with Gasteiger partial charge in [0.1, 0.15) is 12.1 Å². The van der Waals surface area contributed by atoms with E-state index < -0.39 is 10.0 Å². The maximum absolute atomic E-state index is 12.3. The summed E-state index contributed by atoms with van der Waals surface area (Å²) >= 11 is 0. The minimum Gasteiger partial charge on any atom is -0.369 e. The molecule has 9 nitrogen and oxygen atoms in total. The van der Waals surface area contributed by atoms with Crippen molar-refractivity contribution in [3.8, 4) is 11.9 Å². The molecule has 0 spiro atoms. The molecule has 2 N–H and O–H groups in total. The van der Waals surface area contributed by atoms with Gasteiger partial charge in [0.15, 0.2) is 5.82 Å². The fraction of sp³-hybridized carbons (Fsp3) is 0.222. The van der Waals surface area contributed by atoms with Crippen molar-refractivity contribution in [2.75, 3.05) is 18.4 Å². The van der Waals surface area contributed by atoms with Gasteiger partial charge in [-0.05, 0) is 44.2 Å². The Balaban J connectivity index is 1.58. The first kappa shape index (κ1) is 19.5. The molecule has 0 amide bonds. The topological polar surface area (TPSA) is 126 Å². The van der Waals surface area contributed by atoms with Crippen molar-refractivity contribution in [2.45, 2.75) is 18.7 Å². The standard InChI is InChI=1S/C18H19N7O2S/c1-13-9-14(2)25(24-13)18-10-17(21-12-22-18)20-7-8-23-28(26,27)16-5-3-15(11-19)4-6-16/h3-6,9-10,12,23H,7-8H2,1-2H3,(H,20,21,22). The number of nitriles is 1. The molecule has 3 aromatic rings. The zero-order valence-corrected chi connectivity index (χ0v) is 16.2. The van der Waals surface area contributed by atoms with Crippen LogP contribution in [0.25, 0.3) is 5.82 Å². The second-order valence-corrected chi connectivity index (χ2v) is 7.83. The maximum Gasteiger partial charge on any atom is 0.240 e. The van der Waals surface area contributed by atoms with Gasteiger partial charge in [-0.3, -0.25) is 0 Å². The van der Waals surface area contributed by atoms with E-state index in [4.69, 9.17) is 5.26 Å². The summed E-state index contributed by atoms with van der Waals surface area (Å²) in [5.74, 6) is 1.19. The molecule has 2 aromatic heterocycles. The molecule has 1 aromatic carbocycles. The van der Waals surface area contributed by atoms with Gasteiger partial charge in [-0.2, -0.15) is 10.4 Å². The van der Waals surface area contributed by atoms with Crippen LogP contribution >= 0.6 is 0 Å². The van der Waals surface area contributed by atoms with Gasteiger partial charge >= 0.3 is 0 Å². The maximum atomic E-state index is 12.3. The van der Waals surface area contributed by atoms with Gasteiger partial charge < -0.3 is 5.32 Å². The lowest BCUT2D eigenvalue weighted by atomic mass is 10.2. The Bertz CT molecular complexity index is 1120. The molecule has 2 heterocycles. The largest absolute Gasteiger partial charge is 0.369 e. The van der Waals surface area contributed by atoms with Crippen molar-refractivity contribution in [1.82, 2.24) is 24.5 Å². The number of nitrogens with zero attached hydrogens (tertiary/aromatic N) is 5. The molecule has 0 saturated heterocycles. The van der Waals surface area contributed by atoms with Crippen molar-refractivity contribution in [3.05, 3.63) is 59.7 Å². The van der Waals surface area contributed by atoms with Crippen LogP contribution in [-0.2, 0) is 10.0 Å². The number of rotatable bonds is 7. The molecular formula is C18H19N7O2S. The second kappa shape index (κ2) is 8.16. The molecule has 0 unspecified atom stereocenters. The van der Waals surface area contributed by atoms with Crippen LogP contribution in [-0.4, -0.2) is 41.3 Å². The predicted molar refractivity (Wildman–Crippen MR) is 103 cm³/mol. The van der Waals surface area contributed by atoms with Crippen LogP contribution in [0.2, 0.25) is 0 Å². The van der Waals surface area contributed by atoms with Gasteiger partial charge in [0.25, 0.3) is 0 Å². The predicted octanol–water partition coefficient (Wildman–Crippen LogP) is 1.54. The number of anilines is 1. The average molecular weight is 397 g/mol. The first-order chi connectivity index (χ1) is 13.4. The lowest BCUT2D eigenvalue weighted by Gasteiger charge is -2.09. The van der Waals surface area contributed by atoms with Gasteiger partial charge in [0.2, 0.25) is 10.0 Å². The zero-order valence-electron chi connectivity index (χ0n) is 15.4. The highest BCUT2D eigenvalue weighted by Gasteiger charge is 2.13. The van der Waals surface area contributed by atoms with Crippen LogP contribution in [0.5, 0.6) is 0 Å². The van der Waals surface area contributed by atoms with Gasteiger partial charge in [-0.1, -0.05) is 0 Å². The van der Waals surface area contributed by atoms with E-state index in [0.717, 1.165) is 11.4 Å². The molecule has 0 aliphatic carbocycles. The molecular weight excluding hydrogens is 378 g/mol. The molecule has 28 heavy (non-hydrogen) atoms. The van der Waals surface area contributed by atoms with Crippen molar-refractivity contribution < 1.29 is 8.42 Å². The molecule has 144 valence electrons.